The van der Waals surface area contributed by atoms with Gasteiger partial charge in [-0.15, -0.1) is 10.2 Å². The van der Waals surface area contributed by atoms with Crippen LogP contribution in [0.1, 0.15) is 5.56 Å². The van der Waals surface area contributed by atoms with E-state index in [1.807, 2.05) is 0 Å². The molecule has 0 aliphatic heterocycles. The number of non-ortho nitro benzene ring substituents is 1. The fraction of sp³-hybridized carbons (Fsp3) is 0.0667. The van der Waals surface area contributed by atoms with Crippen molar-refractivity contribution in [2.45, 2.75) is 11.8 Å². The molecule has 3 rings (SSSR count). The summed E-state index contributed by atoms with van der Waals surface area (Å²) in [4.78, 5) is 10.3. The van der Waals surface area contributed by atoms with E-state index < -0.39 is 14.9 Å². The highest BCUT2D eigenvalue weighted by Crippen LogP contribution is 2.28. The molecule has 9 nitrogen and oxygen atoms in total. The number of nitrogens with two attached hydrogens (primary N) is 1. The van der Waals surface area contributed by atoms with Crippen LogP contribution in [-0.4, -0.2) is 23.5 Å². The minimum absolute atomic E-state index is 0.0416. The molecule has 0 fully saturated rings. The van der Waals surface area contributed by atoms with Crippen molar-refractivity contribution in [1.82, 2.24) is 10.2 Å². The summed E-state index contributed by atoms with van der Waals surface area (Å²) in [5, 5.41) is 23.8. The van der Waals surface area contributed by atoms with Gasteiger partial charge in [-0.25, -0.2) is 13.6 Å². The van der Waals surface area contributed by atoms with E-state index in [1.165, 1.54) is 24.3 Å². The molecule has 2 N–H and O–H groups in total. The standard InChI is InChI=1S/C15H12N4O5S/c1-9-5-6-11(8-13(9)25(16,22)23)15-18-17-14(24-15)10-3-2-4-12(7-10)19(20)21/h2-8H,1H3,(H2,16,22,23). The van der Waals surface area contributed by atoms with Crippen LogP contribution >= 0.6 is 0 Å². The van der Waals surface area contributed by atoms with Gasteiger partial charge in [0.2, 0.25) is 21.8 Å². The number of benzene rings is 2. The second kappa shape index (κ2) is 6.07. The smallest absolute Gasteiger partial charge is 0.270 e. The van der Waals surface area contributed by atoms with E-state index in [0.29, 0.717) is 16.7 Å². The number of nitrogens with zero attached hydrogens (tertiary/aromatic N) is 3. The van der Waals surface area contributed by atoms with Crippen LogP contribution < -0.4 is 5.14 Å². The summed E-state index contributed by atoms with van der Waals surface area (Å²) in [6, 6.07) is 10.3. The third-order valence-corrected chi connectivity index (χ3v) is 4.52. The number of aryl methyl sites for hydroxylation is 1. The lowest BCUT2D eigenvalue weighted by molar-refractivity contribution is -0.384. The van der Waals surface area contributed by atoms with Crippen LogP contribution in [0.15, 0.2) is 51.8 Å². The number of nitro groups is 1. The van der Waals surface area contributed by atoms with Crippen LogP contribution in [0.3, 0.4) is 0 Å². The first kappa shape index (κ1) is 16.7. The monoisotopic (exact) mass is 360 g/mol. The van der Waals surface area contributed by atoms with Crippen molar-refractivity contribution in [1.29, 1.82) is 0 Å². The average molecular weight is 360 g/mol. The van der Waals surface area contributed by atoms with Gasteiger partial charge in [0.1, 0.15) is 0 Å². The fourth-order valence-corrected chi connectivity index (χ4v) is 3.06. The van der Waals surface area contributed by atoms with Crippen LogP contribution in [0.25, 0.3) is 22.9 Å². The van der Waals surface area contributed by atoms with Crippen LogP contribution in [0.2, 0.25) is 0 Å². The third kappa shape index (κ3) is 3.39. The lowest BCUT2D eigenvalue weighted by Crippen LogP contribution is -2.13. The van der Waals surface area contributed by atoms with Gasteiger partial charge in [0.25, 0.3) is 5.69 Å². The van der Waals surface area contributed by atoms with Gasteiger partial charge < -0.3 is 4.42 Å². The van der Waals surface area contributed by atoms with Crippen LogP contribution in [0, 0.1) is 17.0 Å². The number of rotatable bonds is 4. The summed E-state index contributed by atoms with van der Waals surface area (Å²) in [7, 11) is -3.89. The highest BCUT2D eigenvalue weighted by Gasteiger charge is 2.17. The molecule has 2 aromatic carbocycles. The zero-order valence-corrected chi connectivity index (χ0v) is 13.7. The van der Waals surface area contributed by atoms with E-state index in [2.05, 4.69) is 10.2 Å². The van der Waals surface area contributed by atoms with Crippen molar-refractivity contribution in [3.8, 4) is 22.9 Å². The first-order valence-electron chi connectivity index (χ1n) is 6.98. The van der Waals surface area contributed by atoms with Crippen LogP contribution in [-0.2, 0) is 10.0 Å². The van der Waals surface area contributed by atoms with Crippen molar-refractivity contribution >= 4 is 15.7 Å². The van der Waals surface area contributed by atoms with Gasteiger partial charge in [-0.3, -0.25) is 10.1 Å². The van der Waals surface area contributed by atoms with Crippen molar-refractivity contribution in [3.63, 3.8) is 0 Å². The predicted octanol–water partition coefficient (Wildman–Crippen LogP) is 2.27. The molecule has 0 spiro atoms. The fourth-order valence-electron chi connectivity index (χ4n) is 2.25. The Labute approximate surface area is 142 Å². The Morgan fingerprint density at radius 1 is 1.08 bits per heavy atom. The number of nitro benzene ring substituents is 1. The summed E-state index contributed by atoms with van der Waals surface area (Å²) in [5.74, 6) is 0.155. The molecule has 1 heterocycles. The molecule has 0 aliphatic rings. The second-order valence-electron chi connectivity index (χ2n) is 5.25. The molecule has 0 amide bonds. The molecule has 25 heavy (non-hydrogen) atoms. The maximum Gasteiger partial charge on any atom is 0.270 e. The number of hydrogen-bond acceptors (Lipinski definition) is 7. The molecular formula is C15H12N4O5S. The normalized spacial score (nSPS) is 11.4. The maximum absolute atomic E-state index is 11.6. The maximum atomic E-state index is 11.6. The molecular weight excluding hydrogens is 348 g/mol. The summed E-state index contributed by atoms with van der Waals surface area (Å²) in [5.41, 5.74) is 1.14. The minimum atomic E-state index is -3.89. The largest absolute Gasteiger partial charge is 0.416 e. The number of sulfonamides is 1. The van der Waals surface area contributed by atoms with E-state index in [-0.39, 0.29) is 22.4 Å². The molecule has 128 valence electrons. The predicted molar refractivity (Wildman–Crippen MR) is 87.9 cm³/mol. The number of aromatic nitrogens is 2. The number of primary sulfonamides is 1. The molecule has 0 saturated heterocycles. The third-order valence-electron chi connectivity index (χ3n) is 3.47. The van der Waals surface area contributed by atoms with Gasteiger partial charge in [0.05, 0.1) is 9.82 Å². The minimum Gasteiger partial charge on any atom is -0.416 e. The van der Waals surface area contributed by atoms with Crippen LogP contribution in [0.5, 0.6) is 0 Å². The topological polar surface area (TPSA) is 142 Å². The summed E-state index contributed by atoms with van der Waals surface area (Å²) < 4.78 is 28.7. The van der Waals surface area contributed by atoms with E-state index in [1.54, 1.807) is 25.1 Å². The van der Waals surface area contributed by atoms with Gasteiger partial charge in [-0.2, -0.15) is 0 Å². The summed E-state index contributed by atoms with van der Waals surface area (Å²) in [6.45, 7) is 1.62. The molecule has 1 aromatic heterocycles. The number of hydrogen-bond donors (Lipinski definition) is 1. The van der Waals surface area contributed by atoms with E-state index in [9.17, 15) is 18.5 Å². The summed E-state index contributed by atoms with van der Waals surface area (Å²) in [6.07, 6.45) is 0. The van der Waals surface area contributed by atoms with E-state index in [0.717, 1.165) is 0 Å². The molecule has 0 saturated carbocycles. The van der Waals surface area contributed by atoms with Crippen molar-refractivity contribution in [3.05, 3.63) is 58.1 Å². The Balaban J connectivity index is 2.03. The Bertz CT molecular complexity index is 1080. The van der Waals surface area contributed by atoms with Crippen molar-refractivity contribution < 1.29 is 17.8 Å². The first-order chi connectivity index (χ1) is 11.8. The lowest BCUT2D eigenvalue weighted by atomic mass is 10.1. The Kier molecular flexibility index (Phi) is 4.07. The highest BCUT2D eigenvalue weighted by molar-refractivity contribution is 7.89. The van der Waals surface area contributed by atoms with E-state index >= 15 is 0 Å². The Morgan fingerprint density at radius 3 is 2.32 bits per heavy atom. The molecule has 10 heteroatoms. The van der Waals surface area contributed by atoms with Crippen molar-refractivity contribution in [2.75, 3.05) is 0 Å². The molecule has 0 atom stereocenters. The van der Waals surface area contributed by atoms with Gasteiger partial charge in [-0.05, 0) is 30.7 Å². The van der Waals surface area contributed by atoms with Gasteiger partial charge >= 0.3 is 0 Å². The molecule has 0 aliphatic carbocycles. The Morgan fingerprint density at radius 2 is 1.72 bits per heavy atom. The SMILES string of the molecule is Cc1ccc(-c2nnc(-c3cccc([N+](=O)[O-])c3)o2)cc1S(N)(=O)=O. The van der Waals surface area contributed by atoms with Crippen LogP contribution in [0.4, 0.5) is 5.69 Å². The highest BCUT2D eigenvalue weighted by atomic mass is 32.2. The molecule has 0 radical (unpaired) electrons. The quantitative estimate of drug-likeness (QED) is 0.555. The van der Waals surface area contributed by atoms with Gasteiger partial charge in [-0.1, -0.05) is 12.1 Å². The van der Waals surface area contributed by atoms with Crippen molar-refractivity contribution in [2.24, 2.45) is 5.14 Å². The molecule has 0 unspecified atom stereocenters. The zero-order valence-electron chi connectivity index (χ0n) is 12.9. The molecule has 3 aromatic rings. The van der Waals surface area contributed by atoms with E-state index in [4.69, 9.17) is 9.56 Å². The zero-order chi connectivity index (χ0) is 18.2. The molecule has 0 bridgehead atoms. The first-order valence-corrected chi connectivity index (χ1v) is 8.52. The second-order valence-corrected chi connectivity index (χ2v) is 6.77. The average Bonchev–Trinajstić information content (AvgIpc) is 3.04. The lowest BCUT2D eigenvalue weighted by Gasteiger charge is -2.04. The Hall–Kier alpha value is -3.11. The summed E-state index contributed by atoms with van der Waals surface area (Å²) >= 11 is 0. The van der Waals surface area contributed by atoms with Gasteiger partial charge in [0, 0.05) is 23.3 Å². The van der Waals surface area contributed by atoms with Gasteiger partial charge in [0.15, 0.2) is 0 Å².